The smallest absolute Gasteiger partial charge is 0.355 e. The molecular weight excluding hydrogens is 496 g/mol. The van der Waals surface area contributed by atoms with Gasteiger partial charge in [-0.05, 0) is 36.6 Å². The second-order valence-corrected chi connectivity index (χ2v) is 9.87. The van der Waals surface area contributed by atoms with Gasteiger partial charge >= 0.3 is 11.9 Å². The van der Waals surface area contributed by atoms with Crippen molar-refractivity contribution in [2.75, 3.05) is 6.61 Å². The van der Waals surface area contributed by atoms with E-state index < -0.39 is 17.5 Å². The van der Waals surface area contributed by atoms with Gasteiger partial charge in [-0.1, -0.05) is 55.5 Å². The molecule has 6 rings (SSSR count). The van der Waals surface area contributed by atoms with Gasteiger partial charge in [-0.15, -0.1) is 0 Å². The number of fused-ring (bicyclic) bond motifs is 5. The van der Waals surface area contributed by atoms with Crippen LogP contribution in [0.1, 0.15) is 48.4 Å². The number of cyclic esters (lactones) is 1. The Labute approximate surface area is 225 Å². The molecule has 0 unspecified atom stereocenters. The van der Waals surface area contributed by atoms with Crippen LogP contribution in [0.3, 0.4) is 0 Å². The van der Waals surface area contributed by atoms with Gasteiger partial charge in [0.15, 0.2) is 0 Å². The molecule has 0 fully saturated rings. The van der Waals surface area contributed by atoms with Crippen molar-refractivity contribution in [2.24, 2.45) is 0 Å². The lowest BCUT2D eigenvalue weighted by Gasteiger charge is -2.35. The molecule has 0 N–H and O–H groups in total. The van der Waals surface area contributed by atoms with Crippen LogP contribution in [-0.2, 0) is 49.2 Å². The van der Waals surface area contributed by atoms with Gasteiger partial charge in [0, 0.05) is 29.5 Å². The van der Waals surface area contributed by atoms with Crippen LogP contribution in [0.5, 0.6) is 0 Å². The molecule has 2 aromatic carbocycles. The van der Waals surface area contributed by atoms with Crippen molar-refractivity contribution in [1.29, 1.82) is 0 Å². The zero-order valence-corrected chi connectivity index (χ0v) is 21.6. The summed E-state index contributed by atoms with van der Waals surface area (Å²) in [6.07, 6.45) is 0.639. The second-order valence-electron chi connectivity index (χ2n) is 9.87. The van der Waals surface area contributed by atoms with Crippen molar-refractivity contribution in [1.82, 2.24) is 9.55 Å². The molecule has 39 heavy (non-hydrogen) atoms. The van der Waals surface area contributed by atoms with E-state index in [1.807, 2.05) is 60.7 Å². The molecule has 8 nitrogen and oxygen atoms in total. The highest BCUT2D eigenvalue weighted by Crippen LogP contribution is 2.41. The first-order chi connectivity index (χ1) is 19.0. The molecule has 0 radical (unpaired) electrons. The standard InChI is InChI=1S/C31H28N2O6/c1-2-31(39-27(34)13-8-14-37-18-20-9-4-3-5-10-20)24-16-26-28-22(15-21-11-6-7-12-25(21)32-28)17-33(26)29(35)23(24)19-38-30(31)36/h3-7,9-12,15-16H,2,8,13-14,17-19H2,1H3/t31-/m0/s1. The van der Waals surface area contributed by atoms with E-state index in [0.717, 1.165) is 22.0 Å². The summed E-state index contributed by atoms with van der Waals surface area (Å²) in [4.78, 5) is 44.5. The summed E-state index contributed by atoms with van der Waals surface area (Å²) in [5.74, 6) is -1.21. The summed E-state index contributed by atoms with van der Waals surface area (Å²) in [5, 5.41) is 0.991. The lowest BCUT2D eigenvalue weighted by atomic mass is 9.85. The Morgan fingerprint density at radius 3 is 2.69 bits per heavy atom. The summed E-state index contributed by atoms with van der Waals surface area (Å²) in [7, 11) is 0. The normalized spacial score (nSPS) is 17.3. The Morgan fingerprint density at radius 1 is 1.08 bits per heavy atom. The van der Waals surface area contributed by atoms with Gasteiger partial charge in [-0.2, -0.15) is 0 Å². The number of hydrogen-bond donors (Lipinski definition) is 0. The van der Waals surface area contributed by atoms with Crippen molar-refractivity contribution in [3.63, 3.8) is 0 Å². The number of benzene rings is 2. The number of esters is 2. The summed E-state index contributed by atoms with van der Waals surface area (Å²) in [6.45, 7) is 2.79. The first-order valence-electron chi connectivity index (χ1n) is 13.2. The molecule has 0 spiro atoms. The minimum absolute atomic E-state index is 0.0689. The third-order valence-electron chi connectivity index (χ3n) is 7.45. The number of para-hydroxylation sites is 1. The lowest BCUT2D eigenvalue weighted by Crippen LogP contribution is -2.47. The summed E-state index contributed by atoms with van der Waals surface area (Å²) in [6, 6.07) is 21.4. The quantitative estimate of drug-likeness (QED) is 0.216. The molecule has 4 aromatic rings. The van der Waals surface area contributed by atoms with E-state index in [1.165, 1.54) is 0 Å². The van der Waals surface area contributed by atoms with E-state index in [9.17, 15) is 14.4 Å². The molecule has 0 saturated heterocycles. The summed E-state index contributed by atoms with van der Waals surface area (Å²) >= 11 is 0. The Bertz CT molecular complexity index is 1640. The van der Waals surface area contributed by atoms with E-state index in [1.54, 1.807) is 17.6 Å². The fraction of sp³-hybridized carbons (Fsp3) is 0.290. The fourth-order valence-electron chi connectivity index (χ4n) is 5.41. The van der Waals surface area contributed by atoms with Crippen molar-refractivity contribution in [2.45, 2.75) is 51.5 Å². The number of pyridine rings is 2. The first-order valence-corrected chi connectivity index (χ1v) is 13.2. The van der Waals surface area contributed by atoms with Crippen molar-refractivity contribution in [3.05, 3.63) is 99.3 Å². The molecule has 2 aromatic heterocycles. The monoisotopic (exact) mass is 524 g/mol. The first kappa shape index (κ1) is 25.0. The van der Waals surface area contributed by atoms with Gasteiger partial charge < -0.3 is 18.8 Å². The molecule has 4 heterocycles. The van der Waals surface area contributed by atoms with Gasteiger partial charge in [0.05, 0.1) is 35.6 Å². The van der Waals surface area contributed by atoms with Crippen molar-refractivity contribution in [3.8, 4) is 11.4 Å². The lowest BCUT2D eigenvalue weighted by molar-refractivity contribution is -0.189. The zero-order valence-electron chi connectivity index (χ0n) is 21.6. The maximum absolute atomic E-state index is 13.6. The van der Waals surface area contributed by atoms with Crippen LogP contribution in [0.25, 0.3) is 22.3 Å². The van der Waals surface area contributed by atoms with E-state index in [0.29, 0.717) is 48.7 Å². The average Bonchev–Trinajstić information content (AvgIpc) is 3.31. The third kappa shape index (κ3) is 4.40. The highest BCUT2D eigenvalue weighted by molar-refractivity contribution is 5.88. The Hall–Kier alpha value is -4.30. The van der Waals surface area contributed by atoms with Gasteiger partial charge in [-0.25, -0.2) is 9.78 Å². The van der Waals surface area contributed by atoms with Gasteiger partial charge in [0.2, 0.25) is 5.60 Å². The van der Waals surface area contributed by atoms with Crippen LogP contribution in [0, 0.1) is 0 Å². The van der Waals surface area contributed by atoms with Crippen LogP contribution in [-0.4, -0.2) is 28.1 Å². The SMILES string of the molecule is CC[C@@]1(OC(=O)CCCOCc2ccccc2)C(=O)OCc2c1cc1n(c2=O)Cc2cc3ccccc3nc2-1. The number of ether oxygens (including phenoxy) is 3. The van der Waals surface area contributed by atoms with Gasteiger partial charge in [-0.3, -0.25) is 9.59 Å². The van der Waals surface area contributed by atoms with Crippen molar-refractivity contribution < 1.29 is 23.8 Å². The summed E-state index contributed by atoms with van der Waals surface area (Å²) in [5.41, 5.74) is 2.85. The molecule has 0 bridgehead atoms. The van der Waals surface area contributed by atoms with E-state index >= 15 is 0 Å². The molecule has 0 saturated carbocycles. The van der Waals surface area contributed by atoms with E-state index in [2.05, 4.69) is 0 Å². The number of carbonyl (C=O) groups excluding carboxylic acids is 2. The molecule has 1 atom stereocenters. The number of aromatic nitrogens is 2. The Morgan fingerprint density at radius 2 is 1.87 bits per heavy atom. The highest BCUT2D eigenvalue weighted by Gasteiger charge is 2.50. The zero-order chi connectivity index (χ0) is 27.0. The van der Waals surface area contributed by atoms with E-state index in [-0.39, 0.29) is 25.0 Å². The third-order valence-corrected chi connectivity index (χ3v) is 7.45. The fourth-order valence-corrected chi connectivity index (χ4v) is 5.41. The number of rotatable bonds is 8. The highest BCUT2D eigenvalue weighted by atomic mass is 16.6. The molecule has 2 aliphatic heterocycles. The predicted octanol–water partition coefficient (Wildman–Crippen LogP) is 4.63. The molecule has 2 aliphatic rings. The van der Waals surface area contributed by atoms with Gasteiger partial charge in [0.25, 0.3) is 5.56 Å². The topological polar surface area (TPSA) is 96.7 Å². The van der Waals surface area contributed by atoms with Crippen LogP contribution >= 0.6 is 0 Å². The molecule has 0 amide bonds. The largest absolute Gasteiger partial charge is 0.457 e. The minimum Gasteiger partial charge on any atom is -0.457 e. The van der Waals surface area contributed by atoms with Crippen LogP contribution in [0.15, 0.2) is 71.5 Å². The Balaban J connectivity index is 1.26. The molecular formula is C31H28N2O6. The van der Waals surface area contributed by atoms with Crippen LogP contribution < -0.4 is 5.56 Å². The number of hydrogen-bond acceptors (Lipinski definition) is 7. The minimum atomic E-state index is -1.69. The summed E-state index contributed by atoms with van der Waals surface area (Å²) < 4.78 is 18.6. The van der Waals surface area contributed by atoms with E-state index in [4.69, 9.17) is 19.2 Å². The maximum atomic E-state index is 13.6. The van der Waals surface area contributed by atoms with Gasteiger partial charge in [0.1, 0.15) is 6.61 Å². The molecule has 8 heteroatoms. The maximum Gasteiger partial charge on any atom is 0.355 e. The number of nitrogens with zero attached hydrogens (tertiary/aromatic N) is 2. The van der Waals surface area contributed by atoms with Crippen LogP contribution in [0.4, 0.5) is 0 Å². The second kappa shape index (κ2) is 10.1. The van der Waals surface area contributed by atoms with Crippen molar-refractivity contribution >= 4 is 22.8 Å². The average molecular weight is 525 g/mol. The van der Waals surface area contributed by atoms with Crippen LogP contribution in [0.2, 0.25) is 0 Å². The Kier molecular flexibility index (Phi) is 6.48. The molecule has 198 valence electrons. The molecule has 0 aliphatic carbocycles. The number of carbonyl (C=O) groups is 2. The predicted molar refractivity (Wildman–Crippen MR) is 144 cm³/mol.